The van der Waals surface area contributed by atoms with E-state index >= 15 is 0 Å². The van der Waals surface area contributed by atoms with Crippen molar-refractivity contribution in [2.24, 2.45) is 4.99 Å². The molecule has 1 aliphatic rings. The molecule has 0 aliphatic carbocycles. The summed E-state index contributed by atoms with van der Waals surface area (Å²) in [5, 5.41) is 0.455. The Kier molecular flexibility index (Phi) is 4.44. The molecule has 3 rings (SSSR count). The van der Waals surface area contributed by atoms with Crippen LogP contribution in [0.25, 0.3) is 6.08 Å². The number of carbonyl (C=O) groups excluding carboxylic acids is 2. The van der Waals surface area contributed by atoms with E-state index in [1.165, 1.54) is 6.92 Å². The third kappa shape index (κ3) is 3.52. The van der Waals surface area contributed by atoms with Crippen molar-refractivity contribution in [2.45, 2.75) is 6.92 Å². The third-order valence-corrected chi connectivity index (χ3v) is 3.50. The van der Waals surface area contributed by atoms with Crippen LogP contribution in [0.2, 0.25) is 5.02 Å². The second-order valence-corrected chi connectivity index (χ2v) is 5.39. The summed E-state index contributed by atoms with van der Waals surface area (Å²) in [6.45, 7) is 1.33. The van der Waals surface area contributed by atoms with Gasteiger partial charge in [-0.25, -0.2) is 9.79 Å². The van der Waals surface area contributed by atoms with E-state index in [0.717, 1.165) is 5.56 Å². The van der Waals surface area contributed by atoms with Gasteiger partial charge in [-0.15, -0.1) is 0 Å². The largest absolute Gasteiger partial charge is 0.427 e. The maximum atomic E-state index is 12.0. The predicted octanol–water partition coefficient (Wildman–Crippen LogP) is 3.61. The van der Waals surface area contributed by atoms with Crippen LogP contribution in [0.3, 0.4) is 0 Å². The maximum absolute atomic E-state index is 12.0. The van der Waals surface area contributed by atoms with Crippen LogP contribution < -0.4 is 4.74 Å². The van der Waals surface area contributed by atoms with Crippen LogP contribution in [0, 0.1) is 0 Å². The Labute approximate surface area is 143 Å². The molecule has 2 aromatic rings. The Balaban J connectivity index is 1.86. The van der Waals surface area contributed by atoms with Crippen molar-refractivity contribution in [3.05, 3.63) is 70.4 Å². The van der Waals surface area contributed by atoms with Crippen LogP contribution in [0.5, 0.6) is 5.75 Å². The number of benzene rings is 2. The number of nitrogens with zero attached hydrogens (tertiary/aromatic N) is 1. The van der Waals surface area contributed by atoms with E-state index in [-0.39, 0.29) is 11.6 Å². The fraction of sp³-hybridized carbons (Fsp3) is 0.0556. The molecular formula is C18H12ClNO4. The van der Waals surface area contributed by atoms with Crippen molar-refractivity contribution < 1.29 is 19.1 Å². The first kappa shape index (κ1) is 16.0. The monoisotopic (exact) mass is 341 g/mol. The Morgan fingerprint density at radius 1 is 1.17 bits per heavy atom. The molecule has 0 unspecified atom stereocenters. The summed E-state index contributed by atoms with van der Waals surface area (Å²) in [4.78, 5) is 27.1. The van der Waals surface area contributed by atoms with Crippen molar-refractivity contribution in [2.75, 3.05) is 0 Å². The minimum atomic E-state index is -0.547. The minimum absolute atomic E-state index is 0.171. The van der Waals surface area contributed by atoms with E-state index in [4.69, 9.17) is 21.1 Å². The van der Waals surface area contributed by atoms with Gasteiger partial charge >= 0.3 is 11.9 Å². The second kappa shape index (κ2) is 6.68. The number of rotatable bonds is 3. The summed E-state index contributed by atoms with van der Waals surface area (Å²) >= 11 is 6.09. The SMILES string of the molecule is CC(=O)Oc1ccc(/C=C2\N=C(c3ccccc3Cl)OC2=O)cc1. The van der Waals surface area contributed by atoms with Gasteiger partial charge in [0, 0.05) is 6.92 Å². The molecule has 1 aliphatic heterocycles. The Morgan fingerprint density at radius 2 is 1.88 bits per heavy atom. The lowest BCUT2D eigenvalue weighted by atomic mass is 10.2. The Morgan fingerprint density at radius 3 is 2.54 bits per heavy atom. The number of esters is 2. The number of cyclic esters (lactones) is 1. The van der Waals surface area contributed by atoms with Gasteiger partial charge in [-0.3, -0.25) is 4.79 Å². The van der Waals surface area contributed by atoms with Crippen molar-refractivity contribution in [3.8, 4) is 5.75 Å². The lowest BCUT2D eigenvalue weighted by Crippen LogP contribution is -2.05. The van der Waals surface area contributed by atoms with Gasteiger partial charge in [-0.1, -0.05) is 35.9 Å². The summed E-state index contributed by atoms with van der Waals surface area (Å²) in [5.41, 5.74) is 1.45. The highest BCUT2D eigenvalue weighted by Gasteiger charge is 2.25. The first-order valence-corrected chi connectivity index (χ1v) is 7.46. The summed E-state index contributed by atoms with van der Waals surface area (Å²) in [7, 11) is 0. The lowest BCUT2D eigenvalue weighted by molar-refractivity contribution is -0.132. The summed E-state index contributed by atoms with van der Waals surface area (Å²) in [5.74, 6) is -0.337. The zero-order valence-corrected chi connectivity index (χ0v) is 13.4. The van der Waals surface area contributed by atoms with Crippen LogP contribution in [0.15, 0.2) is 59.2 Å². The summed E-state index contributed by atoms with van der Waals surface area (Å²) < 4.78 is 10.1. The molecule has 0 bridgehead atoms. The minimum Gasteiger partial charge on any atom is -0.427 e. The van der Waals surface area contributed by atoms with Crippen LogP contribution in [0.4, 0.5) is 0 Å². The van der Waals surface area contributed by atoms with Crippen LogP contribution >= 0.6 is 11.6 Å². The molecule has 0 saturated carbocycles. The standard InChI is InChI=1S/C18H12ClNO4/c1-11(21)23-13-8-6-12(7-9-13)10-16-18(22)24-17(20-16)14-4-2-3-5-15(14)19/h2-10H,1H3/b16-10-. The number of hydrogen-bond acceptors (Lipinski definition) is 5. The molecule has 0 atom stereocenters. The van der Waals surface area contributed by atoms with Gasteiger partial charge in [0.15, 0.2) is 5.70 Å². The van der Waals surface area contributed by atoms with Gasteiger partial charge in [0.1, 0.15) is 5.75 Å². The predicted molar refractivity (Wildman–Crippen MR) is 89.8 cm³/mol. The molecule has 24 heavy (non-hydrogen) atoms. The number of aliphatic imine (C=N–C) groups is 1. The molecule has 1 heterocycles. The average Bonchev–Trinajstić information content (AvgIpc) is 2.90. The van der Waals surface area contributed by atoms with Crippen molar-refractivity contribution in [1.29, 1.82) is 0 Å². The third-order valence-electron chi connectivity index (χ3n) is 3.17. The number of carbonyl (C=O) groups is 2. The molecule has 5 nitrogen and oxygen atoms in total. The molecular weight excluding hydrogens is 330 g/mol. The molecule has 0 radical (unpaired) electrons. The first-order chi connectivity index (χ1) is 11.5. The first-order valence-electron chi connectivity index (χ1n) is 7.09. The maximum Gasteiger partial charge on any atom is 0.363 e. The Bertz CT molecular complexity index is 869. The van der Waals surface area contributed by atoms with Crippen LogP contribution in [-0.4, -0.2) is 17.8 Å². The molecule has 0 N–H and O–H groups in total. The van der Waals surface area contributed by atoms with Gasteiger partial charge in [-0.05, 0) is 35.9 Å². The summed E-state index contributed by atoms with van der Waals surface area (Å²) in [6, 6.07) is 13.7. The van der Waals surface area contributed by atoms with Gasteiger partial charge < -0.3 is 9.47 Å². The smallest absolute Gasteiger partial charge is 0.363 e. The van der Waals surface area contributed by atoms with E-state index < -0.39 is 11.9 Å². The van der Waals surface area contributed by atoms with Gasteiger partial charge in [0.05, 0.1) is 10.6 Å². The number of halogens is 1. The van der Waals surface area contributed by atoms with Crippen LogP contribution in [0.1, 0.15) is 18.1 Å². The van der Waals surface area contributed by atoms with E-state index in [2.05, 4.69) is 4.99 Å². The summed E-state index contributed by atoms with van der Waals surface area (Å²) in [6.07, 6.45) is 1.59. The van der Waals surface area contributed by atoms with Crippen molar-refractivity contribution in [1.82, 2.24) is 0 Å². The van der Waals surface area contributed by atoms with Gasteiger partial charge in [0.2, 0.25) is 5.90 Å². The molecule has 2 aromatic carbocycles. The normalized spacial score (nSPS) is 15.2. The molecule has 0 spiro atoms. The number of ether oxygens (including phenoxy) is 2. The van der Waals surface area contributed by atoms with E-state index in [0.29, 0.717) is 16.3 Å². The Hall–Kier alpha value is -2.92. The fourth-order valence-corrected chi connectivity index (χ4v) is 2.33. The molecule has 120 valence electrons. The molecule has 0 fully saturated rings. The highest BCUT2D eigenvalue weighted by Crippen LogP contribution is 2.24. The van der Waals surface area contributed by atoms with E-state index in [9.17, 15) is 9.59 Å². The molecule has 0 amide bonds. The second-order valence-electron chi connectivity index (χ2n) is 4.98. The highest BCUT2D eigenvalue weighted by molar-refractivity contribution is 6.34. The highest BCUT2D eigenvalue weighted by atomic mass is 35.5. The van der Waals surface area contributed by atoms with E-state index in [1.807, 2.05) is 0 Å². The zero-order valence-electron chi connectivity index (χ0n) is 12.7. The molecule has 0 saturated heterocycles. The quantitative estimate of drug-likeness (QED) is 0.486. The van der Waals surface area contributed by atoms with Crippen molar-refractivity contribution in [3.63, 3.8) is 0 Å². The zero-order chi connectivity index (χ0) is 17.1. The van der Waals surface area contributed by atoms with E-state index in [1.54, 1.807) is 54.6 Å². The van der Waals surface area contributed by atoms with Crippen LogP contribution in [-0.2, 0) is 14.3 Å². The fourth-order valence-electron chi connectivity index (χ4n) is 2.11. The number of hydrogen-bond donors (Lipinski definition) is 0. The van der Waals surface area contributed by atoms with Gasteiger partial charge in [0.25, 0.3) is 0 Å². The lowest BCUT2D eigenvalue weighted by Gasteiger charge is -2.01. The molecule has 0 aromatic heterocycles. The molecule has 6 heteroatoms. The average molecular weight is 342 g/mol. The van der Waals surface area contributed by atoms with Gasteiger partial charge in [-0.2, -0.15) is 0 Å². The topological polar surface area (TPSA) is 65.0 Å². The van der Waals surface area contributed by atoms with Crippen molar-refractivity contribution >= 4 is 35.5 Å².